The standard InChI is InChI=1S/C57H98N4O2/c1-12-18-32-60(33-19-13-2,34-20-14-3)38-26-28-48(29-27-39-61(35-21-15-4,36-22-16-5)37-23-17-6)49-42-47(8)55(62)51(43-49)45-59-54-31-25-24-30-53(54)58-44-50-40-46(7)41-52(56(50)63)57(9,10)11/h40-45,48,53-54H,12-39H2,1-11H3/p+2. The molecule has 6 nitrogen and oxygen atoms in total. The number of aryl methyl sites for hydroxylation is 2. The molecule has 3 rings (SSSR count). The average molecular weight is 873 g/mol. The van der Waals surface area contributed by atoms with Crippen molar-refractivity contribution < 1.29 is 19.2 Å². The molecule has 0 spiro atoms. The zero-order valence-electron chi connectivity index (χ0n) is 43.2. The molecule has 1 fully saturated rings. The number of nitrogens with zero attached hydrogens (tertiary/aromatic N) is 4. The van der Waals surface area contributed by atoms with Crippen LogP contribution in [0.15, 0.2) is 34.3 Å². The number of rotatable bonds is 31. The molecule has 0 aromatic heterocycles. The second-order valence-corrected chi connectivity index (χ2v) is 21.3. The van der Waals surface area contributed by atoms with E-state index in [1.165, 1.54) is 170 Å². The molecule has 2 aromatic carbocycles. The summed E-state index contributed by atoms with van der Waals surface area (Å²) in [5, 5.41) is 22.9. The number of hydrogen-bond donors (Lipinski definition) is 2. The topological polar surface area (TPSA) is 65.2 Å². The van der Waals surface area contributed by atoms with Crippen LogP contribution in [-0.4, -0.2) is 96.1 Å². The fourth-order valence-corrected chi connectivity index (χ4v) is 10.6. The summed E-state index contributed by atoms with van der Waals surface area (Å²) in [6.07, 6.45) is 28.6. The van der Waals surface area contributed by atoms with Crippen LogP contribution >= 0.6 is 0 Å². The van der Waals surface area contributed by atoms with Gasteiger partial charge < -0.3 is 19.2 Å². The number of phenolic OH excluding ortho intramolecular Hbond substituents is 2. The van der Waals surface area contributed by atoms with Gasteiger partial charge in [0.15, 0.2) is 0 Å². The third kappa shape index (κ3) is 17.9. The van der Waals surface area contributed by atoms with Gasteiger partial charge in [0.25, 0.3) is 0 Å². The van der Waals surface area contributed by atoms with Crippen LogP contribution in [0.4, 0.5) is 0 Å². The molecule has 1 aliphatic carbocycles. The Labute approximate surface area is 389 Å². The van der Waals surface area contributed by atoms with Crippen molar-refractivity contribution in [1.82, 2.24) is 0 Å². The maximum absolute atomic E-state index is 11.6. The molecule has 1 aliphatic rings. The monoisotopic (exact) mass is 873 g/mol. The molecular formula is C57H100N4O2+2. The minimum Gasteiger partial charge on any atom is -0.507 e. The van der Waals surface area contributed by atoms with Gasteiger partial charge in [-0.25, -0.2) is 0 Å². The highest BCUT2D eigenvalue weighted by atomic mass is 16.3. The lowest BCUT2D eigenvalue weighted by atomic mass is 9.84. The van der Waals surface area contributed by atoms with Gasteiger partial charge in [-0.1, -0.05) is 126 Å². The first-order valence-corrected chi connectivity index (χ1v) is 26.6. The third-order valence-electron chi connectivity index (χ3n) is 14.7. The van der Waals surface area contributed by atoms with Crippen molar-refractivity contribution in [2.24, 2.45) is 9.98 Å². The highest BCUT2D eigenvalue weighted by Gasteiger charge is 2.30. The summed E-state index contributed by atoms with van der Waals surface area (Å²) >= 11 is 0. The quantitative estimate of drug-likeness (QED) is 0.0585. The van der Waals surface area contributed by atoms with Crippen molar-refractivity contribution in [3.63, 3.8) is 0 Å². The predicted molar refractivity (Wildman–Crippen MR) is 276 cm³/mol. The van der Waals surface area contributed by atoms with Crippen LogP contribution in [0.5, 0.6) is 11.5 Å². The van der Waals surface area contributed by atoms with Crippen LogP contribution in [0.25, 0.3) is 0 Å². The largest absolute Gasteiger partial charge is 0.507 e. The summed E-state index contributed by atoms with van der Waals surface area (Å²) in [6, 6.07) is 8.84. The maximum atomic E-state index is 11.6. The molecule has 0 saturated heterocycles. The molecule has 1 saturated carbocycles. The molecule has 6 heteroatoms. The maximum Gasteiger partial charge on any atom is 0.128 e. The van der Waals surface area contributed by atoms with Crippen LogP contribution in [0.1, 0.15) is 230 Å². The molecule has 0 heterocycles. The Kier molecular flexibility index (Phi) is 24.6. The molecule has 2 unspecified atom stereocenters. The summed E-state index contributed by atoms with van der Waals surface area (Å²) in [6.45, 7) is 35.3. The first-order chi connectivity index (χ1) is 30.2. The number of unbranched alkanes of at least 4 members (excludes halogenated alkanes) is 6. The highest BCUT2D eigenvalue weighted by Crippen LogP contribution is 2.36. The Morgan fingerprint density at radius 2 is 0.937 bits per heavy atom. The van der Waals surface area contributed by atoms with Crippen molar-refractivity contribution in [3.8, 4) is 11.5 Å². The fraction of sp³-hybridized carbons (Fsp3) is 0.754. The number of hydrogen-bond acceptors (Lipinski definition) is 4. The molecule has 2 atom stereocenters. The van der Waals surface area contributed by atoms with Crippen molar-refractivity contribution in [3.05, 3.63) is 57.6 Å². The third-order valence-corrected chi connectivity index (χ3v) is 14.7. The first-order valence-electron chi connectivity index (χ1n) is 26.6. The van der Waals surface area contributed by atoms with Crippen LogP contribution in [0.3, 0.4) is 0 Å². The van der Waals surface area contributed by atoms with Crippen LogP contribution in [-0.2, 0) is 5.41 Å². The number of phenols is 2. The van der Waals surface area contributed by atoms with E-state index in [0.717, 1.165) is 53.5 Å². The van der Waals surface area contributed by atoms with Gasteiger partial charge >= 0.3 is 0 Å². The second-order valence-electron chi connectivity index (χ2n) is 21.3. The minimum atomic E-state index is -0.159. The van der Waals surface area contributed by atoms with Crippen LogP contribution < -0.4 is 0 Å². The van der Waals surface area contributed by atoms with Gasteiger partial charge in [-0.2, -0.15) is 0 Å². The normalized spacial score (nSPS) is 16.6. The van der Waals surface area contributed by atoms with E-state index in [4.69, 9.17) is 9.98 Å². The predicted octanol–water partition coefficient (Wildman–Crippen LogP) is 14.9. The van der Waals surface area contributed by atoms with Crippen molar-refractivity contribution in [2.45, 2.75) is 228 Å². The fourth-order valence-electron chi connectivity index (χ4n) is 10.6. The highest BCUT2D eigenvalue weighted by molar-refractivity contribution is 5.86. The zero-order chi connectivity index (χ0) is 46.3. The van der Waals surface area contributed by atoms with E-state index in [1.807, 2.05) is 18.5 Å². The van der Waals surface area contributed by atoms with E-state index in [9.17, 15) is 10.2 Å². The number of benzene rings is 2. The molecule has 358 valence electrons. The molecule has 0 radical (unpaired) electrons. The van der Waals surface area contributed by atoms with Gasteiger partial charge in [-0.05, 0) is 131 Å². The summed E-state index contributed by atoms with van der Waals surface area (Å²) in [7, 11) is 0. The van der Waals surface area contributed by atoms with Gasteiger partial charge in [0.05, 0.1) is 64.4 Å². The Morgan fingerprint density at radius 1 is 0.556 bits per heavy atom. The van der Waals surface area contributed by atoms with Gasteiger partial charge in [0, 0.05) is 29.1 Å². The van der Waals surface area contributed by atoms with Gasteiger partial charge in [0.1, 0.15) is 11.5 Å². The van der Waals surface area contributed by atoms with Crippen molar-refractivity contribution >= 4 is 12.4 Å². The lowest BCUT2D eigenvalue weighted by Gasteiger charge is -2.40. The Hall–Kier alpha value is -2.70. The molecule has 63 heavy (non-hydrogen) atoms. The number of quaternary nitrogens is 2. The van der Waals surface area contributed by atoms with E-state index in [-0.39, 0.29) is 17.5 Å². The van der Waals surface area contributed by atoms with Gasteiger partial charge in [-0.3, -0.25) is 9.98 Å². The van der Waals surface area contributed by atoms with Gasteiger partial charge in [0.2, 0.25) is 0 Å². The molecule has 0 aliphatic heterocycles. The second kappa shape index (κ2) is 28.4. The van der Waals surface area contributed by atoms with E-state index < -0.39 is 0 Å². The Morgan fingerprint density at radius 3 is 1.32 bits per heavy atom. The average Bonchev–Trinajstić information content (AvgIpc) is 3.27. The molecule has 0 bridgehead atoms. The Balaban J connectivity index is 1.98. The van der Waals surface area contributed by atoms with E-state index in [1.54, 1.807) is 0 Å². The number of aliphatic imine (C=N–C) groups is 2. The van der Waals surface area contributed by atoms with Crippen molar-refractivity contribution in [2.75, 3.05) is 52.4 Å². The molecular weight excluding hydrogens is 773 g/mol. The van der Waals surface area contributed by atoms with Crippen molar-refractivity contribution in [1.29, 1.82) is 0 Å². The molecule has 2 N–H and O–H groups in total. The first kappa shape index (κ1) is 54.6. The lowest BCUT2D eigenvalue weighted by Crippen LogP contribution is -2.51. The van der Waals surface area contributed by atoms with Crippen LogP contribution in [0.2, 0.25) is 0 Å². The SMILES string of the molecule is CCCC[N+](CCCC)(CCCC)CCCC(CCC[N+](CCCC)(CCCC)CCCC)c1cc(C)c(O)c(C=NC2CCCCC2N=Cc2cc(C)cc(C(C)(C)C)c2O)c1. The van der Waals surface area contributed by atoms with Gasteiger partial charge in [-0.15, -0.1) is 0 Å². The minimum absolute atomic E-state index is 0.0451. The van der Waals surface area contributed by atoms with E-state index in [2.05, 4.69) is 94.4 Å². The molecule has 2 aromatic rings. The Bertz CT molecular complexity index is 1560. The summed E-state index contributed by atoms with van der Waals surface area (Å²) in [5.74, 6) is 1.15. The lowest BCUT2D eigenvalue weighted by molar-refractivity contribution is -0.929. The zero-order valence-corrected chi connectivity index (χ0v) is 43.2. The van der Waals surface area contributed by atoms with E-state index in [0.29, 0.717) is 17.4 Å². The van der Waals surface area contributed by atoms with Crippen LogP contribution in [0, 0.1) is 13.8 Å². The summed E-state index contributed by atoms with van der Waals surface area (Å²) < 4.78 is 2.60. The number of aromatic hydroxyl groups is 2. The molecule has 0 amide bonds. The summed E-state index contributed by atoms with van der Waals surface area (Å²) in [5.41, 5.74) is 5.91. The van der Waals surface area contributed by atoms with E-state index >= 15 is 0 Å². The smallest absolute Gasteiger partial charge is 0.128 e. The summed E-state index contributed by atoms with van der Waals surface area (Å²) in [4.78, 5) is 10.4.